The van der Waals surface area contributed by atoms with E-state index in [1.54, 1.807) is 11.9 Å². The summed E-state index contributed by atoms with van der Waals surface area (Å²) in [6.07, 6.45) is 1.41. The van der Waals surface area contributed by atoms with Gasteiger partial charge in [0.05, 0.1) is 0 Å². The van der Waals surface area contributed by atoms with Crippen LogP contribution < -0.4 is 9.64 Å². The molecule has 0 saturated heterocycles. The van der Waals surface area contributed by atoms with Gasteiger partial charge in [-0.15, -0.1) is 5.10 Å². The lowest BCUT2D eigenvalue weighted by atomic mass is 10.2. The molecule has 0 spiro atoms. The molecule has 0 atom stereocenters. The van der Waals surface area contributed by atoms with Crippen LogP contribution in [0.5, 0.6) is 5.75 Å². The number of hydrogen-bond acceptors (Lipinski definition) is 5. The van der Waals surface area contributed by atoms with Gasteiger partial charge < -0.3 is 9.64 Å². The van der Waals surface area contributed by atoms with E-state index in [9.17, 15) is 4.79 Å². The molecule has 0 unspecified atom stereocenters. The summed E-state index contributed by atoms with van der Waals surface area (Å²) in [5, 5.41) is 10.7. The Balaban J connectivity index is 1.58. The standard InChI is InChI=1S/C17H17N5O2/c1-21(17(23)11-22-13-18-19-20-22)15-7-9-16(10-8-15)24-12-14-5-3-2-4-6-14/h2-10,13H,11-12H2,1H3. The molecule has 0 aliphatic carbocycles. The van der Waals surface area contributed by atoms with Crippen molar-refractivity contribution in [3.63, 3.8) is 0 Å². The Hall–Kier alpha value is -3.22. The lowest BCUT2D eigenvalue weighted by molar-refractivity contribution is -0.119. The molecule has 0 aliphatic rings. The quantitative estimate of drug-likeness (QED) is 0.693. The van der Waals surface area contributed by atoms with Gasteiger partial charge in [0, 0.05) is 12.7 Å². The van der Waals surface area contributed by atoms with Crippen LogP contribution in [0.3, 0.4) is 0 Å². The van der Waals surface area contributed by atoms with Crippen LogP contribution in [-0.4, -0.2) is 33.2 Å². The fourth-order valence-electron chi connectivity index (χ4n) is 2.15. The molecule has 3 aromatic rings. The summed E-state index contributed by atoms with van der Waals surface area (Å²) in [5.41, 5.74) is 1.88. The topological polar surface area (TPSA) is 73.1 Å². The molecule has 0 radical (unpaired) electrons. The molecule has 122 valence electrons. The van der Waals surface area contributed by atoms with Crippen LogP contribution in [0.1, 0.15) is 5.56 Å². The second-order valence-corrected chi connectivity index (χ2v) is 5.23. The highest BCUT2D eigenvalue weighted by Gasteiger charge is 2.12. The maximum absolute atomic E-state index is 12.2. The first-order valence-electron chi connectivity index (χ1n) is 7.46. The Kier molecular flexibility index (Phi) is 4.81. The Morgan fingerprint density at radius 2 is 1.88 bits per heavy atom. The molecule has 24 heavy (non-hydrogen) atoms. The van der Waals surface area contributed by atoms with Crippen molar-refractivity contribution in [2.45, 2.75) is 13.2 Å². The highest BCUT2D eigenvalue weighted by Crippen LogP contribution is 2.19. The van der Waals surface area contributed by atoms with Gasteiger partial charge >= 0.3 is 0 Å². The van der Waals surface area contributed by atoms with E-state index in [1.165, 1.54) is 11.0 Å². The second-order valence-electron chi connectivity index (χ2n) is 5.23. The first-order valence-corrected chi connectivity index (χ1v) is 7.46. The van der Waals surface area contributed by atoms with Gasteiger partial charge in [-0.25, -0.2) is 4.68 Å². The number of anilines is 1. The van der Waals surface area contributed by atoms with Gasteiger partial charge in [0.15, 0.2) is 0 Å². The van der Waals surface area contributed by atoms with Crippen molar-refractivity contribution in [3.05, 3.63) is 66.5 Å². The fourth-order valence-corrected chi connectivity index (χ4v) is 2.15. The van der Waals surface area contributed by atoms with Gasteiger partial charge in [0.1, 0.15) is 25.2 Å². The second kappa shape index (κ2) is 7.36. The van der Waals surface area contributed by atoms with Gasteiger partial charge in [-0.05, 0) is 40.3 Å². The predicted octanol–water partition coefficient (Wildman–Crippen LogP) is 1.92. The Morgan fingerprint density at radius 3 is 2.54 bits per heavy atom. The zero-order valence-electron chi connectivity index (χ0n) is 13.2. The van der Waals surface area contributed by atoms with Crippen LogP contribution in [0.15, 0.2) is 60.9 Å². The Bertz CT molecular complexity index is 773. The molecule has 1 aromatic heterocycles. The average Bonchev–Trinajstić information content (AvgIpc) is 3.13. The van der Waals surface area contributed by atoms with Crippen LogP contribution in [0.4, 0.5) is 5.69 Å². The number of amides is 1. The minimum absolute atomic E-state index is 0.0930. The number of rotatable bonds is 6. The smallest absolute Gasteiger partial charge is 0.248 e. The SMILES string of the molecule is CN(C(=O)Cn1cnnn1)c1ccc(OCc2ccccc2)cc1. The molecule has 2 aromatic carbocycles. The summed E-state index contributed by atoms with van der Waals surface area (Å²) in [6.45, 7) is 0.601. The number of carbonyl (C=O) groups excluding carboxylic acids is 1. The van der Waals surface area contributed by atoms with Gasteiger partial charge in [-0.2, -0.15) is 0 Å². The number of tetrazole rings is 1. The lowest BCUT2D eigenvalue weighted by Crippen LogP contribution is -2.30. The van der Waals surface area contributed by atoms with Crippen LogP contribution in [0.25, 0.3) is 0 Å². The molecule has 3 rings (SSSR count). The number of carbonyl (C=O) groups is 1. The summed E-state index contributed by atoms with van der Waals surface area (Å²) < 4.78 is 7.12. The third kappa shape index (κ3) is 3.95. The summed E-state index contributed by atoms with van der Waals surface area (Å²) in [7, 11) is 1.71. The summed E-state index contributed by atoms with van der Waals surface area (Å²) in [6, 6.07) is 17.3. The molecular weight excluding hydrogens is 306 g/mol. The number of ether oxygens (including phenoxy) is 1. The Morgan fingerprint density at radius 1 is 1.12 bits per heavy atom. The molecular formula is C17H17N5O2. The highest BCUT2D eigenvalue weighted by molar-refractivity contribution is 5.92. The van der Waals surface area contributed by atoms with Crippen molar-refractivity contribution < 1.29 is 9.53 Å². The van der Waals surface area contributed by atoms with Crippen LogP contribution >= 0.6 is 0 Å². The molecule has 0 saturated carbocycles. The first kappa shape index (κ1) is 15.7. The largest absolute Gasteiger partial charge is 0.489 e. The van der Waals surface area contributed by atoms with Gasteiger partial charge in [-0.3, -0.25) is 4.79 Å². The van der Waals surface area contributed by atoms with Crippen molar-refractivity contribution in [3.8, 4) is 5.75 Å². The first-order chi connectivity index (χ1) is 11.7. The minimum atomic E-state index is -0.111. The van der Waals surface area contributed by atoms with Crippen molar-refractivity contribution in [2.75, 3.05) is 11.9 Å². The van der Waals surface area contributed by atoms with Crippen LogP contribution in [-0.2, 0) is 17.9 Å². The van der Waals surface area contributed by atoms with Crippen molar-refractivity contribution in [1.82, 2.24) is 20.2 Å². The molecule has 1 amide bonds. The van der Waals surface area contributed by atoms with E-state index in [-0.39, 0.29) is 12.5 Å². The predicted molar refractivity (Wildman–Crippen MR) is 88.4 cm³/mol. The summed E-state index contributed by atoms with van der Waals surface area (Å²) >= 11 is 0. The number of benzene rings is 2. The molecule has 0 fully saturated rings. The number of likely N-dealkylation sites (N-methyl/N-ethyl adjacent to an activating group) is 1. The number of nitrogens with zero attached hydrogens (tertiary/aromatic N) is 5. The van der Waals surface area contributed by atoms with E-state index in [0.717, 1.165) is 17.0 Å². The van der Waals surface area contributed by atoms with E-state index in [2.05, 4.69) is 15.5 Å². The lowest BCUT2D eigenvalue weighted by Gasteiger charge is -2.17. The van der Waals surface area contributed by atoms with E-state index in [4.69, 9.17) is 4.74 Å². The van der Waals surface area contributed by atoms with Gasteiger partial charge in [0.25, 0.3) is 0 Å². The van der Waals surface area contributed by atoms with Gasteiger partial charge in [0.2, 0.25) is 5.91 Å². The van der Waals surface area contributed by atoms with Crippen LogP contribution in [0.2, 0.25) is 0 Å². The van der Waals surface area contributed by atoms with Crippen LogP contribution in [0, 0.1) is 0 Å². The fraction of sp³-hybridized carbons (Fsp3) is 0.176. The maximum Gasteiger partial charge on any atom is 0.248 e. The van der Waals surface area contributed by atoms with Gasteiger partial charge in [-0.1, -0.05) is 30.3 Å². The van der Waals surface area contributed by atoms with E-state index in [1.807, 2.05) is 54.6 Å². The normalized spacial score (nSPS) is 10.4. The molecule has 1 heterocycles. The third-order valence-corrected chi connectivity index (χ3v) is 3.54. The molecule has 7 nitrogen and oxygen atoms in total. The molecule has 0 aliphatic heterocycles. The zero-order chi connectivity index (χ0) is 16.8. The summed E-state index contributed by atoms with van der Waals surface area (Å²) in [4.78, 5) is 13.7. The maximum atomic E-state index is 12.2. The minimum Gasteiger partial charge on any atom is -0.489 e. The third-order valence-electron chi connectivity index (χ3n) is 3.54. The van der Waals surface area contributed by atoms with E-state index >= 15 is 0 Å². The monoisotopic (exact) mass is 323 g/mol. The van der Waals surface area contributed by atoms with E-state index < -0.39 is 0 Å². The summed E-state index contributed by atoms with van der Waals surface area (Å²) in [5.74, 6) is 0.643. The van der Waals surface area contributed by atoms with Crippen molar-refractivity contribution in [2.24, 2.45) is 0 Å². The number of aromatic nitrogens is 4. The van der Waals surface area contributed by atoms with Crippen molar-refractivity contribution in [1.29, 1.82) is 0 Å². The average molecular weight is 323 g/mol. The zero-order valence-corrected chi connectivity index (χ0v) is 13.2. The van der Waals surface area contributed by atoms with E-state index in [0.29, 0.717) is 6.61 Å². The highest BCUT2D eigenvalue weighted by atomic mass is 16.5. The molecule has 7 heteroatoms. The Labute approximate surface area is 139 Å². The molecule has 0 N–H and O–H groups in total. The molecule has 0 bridgehead atoms. The number of hydrogen-bond donors (Lipinski definition) is 0. The van der Waals surface area contributed by atoms with Crippen molar-refractivity contribution >= 4 is 11.6 Å².